The van der Waals surface area contributed by atoms with Crippen molar-refractivity contribution in [1.29, 1.82) is 0 Å². The first-order chi connectivity index (χ1) is 13.9. The van der Waals surface area contributed by atoms with Gasteiger partial charge in [0.05, 0.1) is 11.3 Å². The van der Waals surface area contributed by atoms with Crippen LogP contribution in [-0.2, 0) is 19.4 Å². The lowest BCUT2D eigenvalue weighted by Gasteiger charge is -2.20. The molecule has 4 heteroatoms. The summed E-state index contributed by atoms with van der Waals surface area (Å²) in [6.45, 7) is 6.54. The van der Waals surface area contributed by atoms with Gasteiger partial charge in [0.1, 0.15) is 0 Å². The molecule has 150 valence electrons. The van der Waals surface area contributed by atoms with Gasteiger partial charge in [0.15, 0.2) is 0 Å². The van der Waals surface area contributed by atoms with Crippen molar-refractivity contribution in [3.63, 3.8) is 0 Å². The lowest BCUT2D eigenvalue weighted by Crippen LogP contribution is -2.17. The molecule has 0 bridgehead atoms. The van der Waals surface area contributed by atoms with Crippen LogP contribution in [0.5, 0.6) is 0 Å². The zero-order valence-corrected chi connectivity index (χ0v) is 17.3. The fraction of sp³-hybridized carbons (Fsp3) is 0.280. The molecular weight excluding hydrogens is 360 g/mol. The minimum absolute atomic E-state index is 0.254. The summed E-state index contributed by atoms with van der Waals surface area (Å²) in [5.41, 5.74) is 12.4. The summed E-state index contributed by atoms with van der Waals surface area (Å²) in [4.78, 5) is 17.2. The number of carboxylic acid groups (broad SMARTS) is 1. The van der Waals surface area contributed by atoms with Gasteiger partial charge in [0.25, 0.3) is 0 Å². The molecule has 1 aromatic heterocycles. The maximum absolute atomic E-state index is 12.4. The molecule has 0 aliphatic heterocycles. The van der Waals surface area contributed by atoms with E-state index < -0.39 is 5.97 Å². The van der Waals surface area contributed by atoms with Crippen LogP contribution in [-0.4, -0.2) is 16.1 Å². The van der Waals surface area contributed by atoms with Crippen LogP contribution in [0.2, 0.25) is 0 Å². The number of aryl methyl sites for hydroxylation is 1. The molecule has 3 N–H and O–H groups in total. The monoisotopic (exact) mass is 388 g/mol. The lowest BCUT2D eigenvalue weighted by atomic mass is 9.88. The fourth-order valence-electron chi connectivity index (χ4n) is 3.69. The summed E-state index contributed by atoms with van der Waals surface area (Å²) < 4.78 is 0. The number of carboxylic acids is 1. The Kier molecular flexibility index (Phi) is 6.45. The molecule has 0 aliphatic carbocycles. The summed E-state index contributed by atoms with van der Waals surface area (Å²) in [5.74, 6) is -0.580. The Hall–Kier alpha value is -2.98. The van der Waals surface area contributed by atoms with E-state index in [2.05, 4.69) is 13.8 Å². The van der Waals surface area contributed by atoms with Gasteiger partial charge in [-0.2, -0.15) is 0 Å². The number of benzene rings is 2. The number of aromatic nitrogens is 1. The van der Waals surface area contributed by atoms with Crippen molar-refractivity contribution in [2.24, 2.45) is 11.7 Å². The van der Waals surface area contributed by atoms with E-state index in [9.17, 15) is 9.90 Å². The fourth-order valence-corrected chi connectivity index (χ4v) is 3.69. The highest BCUT2D eigenvalue weighted by Crippen LogP contribution is 2.33. The molecule has 3 aromatic rings. The van der Waals surface area contributed by atoms with E-state index in [-0.39, 0.29) is 12.1 Å². The van der Waals surface area contributed by atoms with Gasteiger partial charge in [-0.15, -0.1) is 0 Å². The number of nitrogens with two attached hydrogens (primary N) is 1. The first-order valence-electron chi connectivity index (χ1n) is 9.99. The minimum Gasteiger partial charge on any atom is -0.478 e. The van der Waals surface area contributed by atoms with E-state index in [1.165, 1.54) is 0 Å². The largest absolute Gasteiger partial charge is 0.478 e. The Balaban J connectivity index is 2.30. The van der Waals surface area contributed by atoms with Gasteiger partial charge in [0, 0.05) is 24.2 Å². The molecule has 2 aromatic carbocycles. The third-order valence-corrected chi connectivity index (χ3v) is 5.03. The van der Waals surface area contributed by atoms with Crippen molar-refractivity contribution in [3.05, 3.63) is 88.2 Å². The van der Waals surface area contributed by atoms with E-state index in [0.717, 1.165) is 34.4 Å². The molecule has 0 spiro atoms. The Morgan fingerprint density at radius 2 is 1.69 bits per heavy atom. The predicted molar refractivity (Wildman–Crippen MR) is 117 cm³/mol. The van der Waals surface area contributed by atoms with Crippen LogP contribution in [0.4, 0.5) is 0 Å². The van der Waals surface area contributed by atoms with Gasteiger partial charge in [-0.3, -0.25) is 4.98 Å². The molecule has 29 heavy (non-hydrogen) atoms. The minimum atomic E-state index is -0.968. The molecule has 0 saturated heterocycles. The average molecular weight is 389 g/mol. The number of hydrogen-bond acceptors (Lipinski definition) is 3. The zero-order valence-electron chi connectivity index (χ0n) is 17.3. The average Bonchev–Trinajstić information content (AvgIpc) is 2.68. The summed E-state index contributed by atoms with van der Waals surface area (Å²) in [5, 5.41) is 10.2. The number of aromatic carboxylic acids is 1. The maximum Gasteiger partial charge on any atom is 0.338 e. The first kappa shape index (κ1) is 20.7. The molecule has 4 nitrogen and oxygen atoms in total. The molecule has 1 heterocycles. The Bertz CT molecular complexity index is 994. The van der Waals surface area contributed by atoms with E-state index in [1.54, 1.807) is 0 Å². The van der Waals surface area contributed by atoms with Crippen LogP contribution in [0.1, 0.15) is 52.3 Å². The Morgan fingerprint density at radius 3 is 2.24 bits per heavy atom. The third-order valence-electron chi connectivity index (χ3n) is 5.03. The molecule has 0 atom stereocenters. The van der Waals surface area contributed by atoms with Crippen LogP contribution in [0.25, 0.3) is 11.1 Å². The standard InChI is InChI=1S/C25H28N2O2/c1-16(2)13-21-20(15-26)23(19-11-9-17(3)10-12-19)24(25(28)29)22(27-21)14-18-7-5-4-6-8-18/h4-12,16H,13-15,26H2,1-3H3,(H,28,29). The summed E-state index contributed by atoms with van der Waals surface area (Å²) >= 11 is 0. The van der Waals surface area contributed by atoms with Gasteiger partial charge in [-0.05, 0) is 36.0 Å². The summed E-state index contributed by atoms with van der Waals surface area (Å²) in [7, 11) is 0. The van der Waals surface area contributed by atoms with Gasteiger partial charge in [-0.1, -0.05) is 74.0 Å². The predicted octanol–water partition coefficient (Wildman–Crippen LogP) is 5.00. The van der Waals surface area contributed by atoms with Crippen molar-refractivity contribution in [1.82, 2.24) is 4.98 Å². The molecule has 0 amide bonds. The van der Waals surface area contributed by atoms with Gasteiger partial charge >= 0.3 is 5.97 Å². The first-order valence-corrected chi connectivity index (χ1v) is 9.99. The molecule has 0 fully saturated rings. The highest BCUT2D eigenvalue weighted by atomic mass is 16.4. The van der Waals surface area contributed by atoms with E-state index >= 15 is 0 Å². The third kappa shape index (κ3) is 4.72. The topological polar surface area (TPSA) is 76.2 Å². The van der Waals surface area contributed by atoms with E-state index in [1.807, 2.05) is 61.5 Å². The molecule has 0 unspecified atom stereocenters. The quantitative estimate of drug-likeness (QED) is 0.597. The van der Waals surface area contributed by atoms with Crippen LogP contribution >= 0.6 is 0 Å². The van der Waals surface area contributed by atoms with Crippen LogP contribution in [0.15, 0.2) is 54.6 Å². The molecule has 0 aliphatic rings. The van der Waals surface area contributed by atoms with Gasteiger partial charge in [-0.25, -0.2) is 4.79 Å². The van der Waals surface area contributed by atoms with E-state index in [4.69, 9.17) is 10.7 Å². The summed E-state index contributed by atoms with van der Waals surface area (Å²) in [6.07, 6.45) is 1.23. The van der Waals surface area contributed by atoms with Crippen molar-refractivity contribution in [2.75, 3.05) is 0 Å². The lowest BCUT2D eigenvalue weighted by molar-refractivity contribution is 0.0696. The van der Waals surface area contributed by atoms with Crippen molar-refractivity contribution in [3.8, 4) is 11.1 Å². The second-order valence-corrected chi connectivity index (χ2v) is 7.87. The zero-order chi connectivity index (χ0) is 21.0. The maximum atomic E-state index is 12.4. The Morgan fingerprint density at radius 1 is 1.03 bits per heavy atom. The molecule has 0 radical (unpaired) electrons. The molecule has 3 rings (SSSR count). The number of carbonyl (C=O) groups is 1. The summed E-state index contributed by atoms with van der Waals surface area (Å²) in [6, 6.07) is 17.8. The van der Waals surface area contributed by atoms with Crippen molar-refractivity contribution >= 4 is 5.97 Å². The van der Waals surface area contributed by atoms with Gasteiger partial charge in [0.2, 0.25) is 0 Å². The van der Waals surface area contributed by atoms with Crippen LogP contribution in [0.3, 0.4) is 0 Å². The number of hydrogen-bond donors (Lipinski definition) is 2. The highest BCUT2D eigenvalue weighted by Gasteiger charge is 2.25. The SMILES string of the molecule is Cc1ccc(-c2c(CN)c(CC(C)C)nc(Cc3ccccc3)c2C(=O)O)cc1. The van der Waals surface area contributed by atoms with Crippen LogP contribution < -0.4 is 5.73 Å². The number of nitrogens with zero attached hydrogens (tertiary/aromatic N) is 1. The van der Waals surface area contributed by atoms with Gasteiger partial charge < -0.3 is 10.8 Å². The Labute approximate surface area is 172 Å². The normalized spacial score (nSPS) is 11.1. The molecular formula is C25H28N2O2. The number of pyridine rings is 1. The second kappa shape index (κ2) is 9.01. The van der Waals surface area contributed by atoms with E-state index in [0.29, 0.717) is 23.6 Å². The van der Waals surface area contributed by atoms with Crippen LogP contribution in [0, 0.1) is 12.8 Å². The second-order valence-electron chi connectivity index (χ2n) is 7.87. The number of rotatable bonds is 7. The smallest absolute Gasteiger partial charge is 0.338 e. The molecule has 0 saturated carbocycles. The van der Waals surface area contributed by atoms with Crippen molar-refractivity contribution in [2.45, 2.75) is 40.2 Å². The van der Waals surface area contributed by atoms with Crippen molar-refractivity contribution < 1.29 is 9.90 Å². The highest BCUT2D eigenvalue weighted by molar-refractivity contribution is 5.98.